The van der Waals surface area contributed by atoms with Gasteiger partial charge in [0.15, 0.2) is 6.10 Å². The topological polar surface area (TPSA) is 63.6 Å². The van der Waals surface area contributed by atoms with Crippen LogP contribution in [0.2, 0.25) is 0 Å². The molecule has 138 valence electrons. The molecule has 1 unspecified atom stereocenters. The van der Waals surface area contributed by atoms with Crippen LogP contribution in [-0.2, 0) is 4.79 Å². The Hall–Kier alpha value is -3.73. The van der Waals surface area contributed by atoms with Crippen molar-refractivity contribution in [3.63, 3.8) is 0 Å². The predicted octanol–water partition coefficient (Wildman–Crippen LogP) is 4.31. The van der Waals surface area contributed by atoms with Gasteiger partial charge in [-0.2, -0.15) is 5.10 Å². The molecule has 0 fully saturated rings. The molecule has 0 aliphatic heterocycles. The molecule has 1 amide bonds. The molecule has 3 aromatic carbocycles. The number of para-hydroxylation sites is 1. The number of benzene rings is 3. The fourth-order valence-electron chi connectivity index (χ4n) is 3.03. The van der Waals surface area contributed by atoms with Crippen LogP contribution in [-0.4, -0.2) is 23.2 Å². The number of nitrogens with one attached hydrogen (secondary N) is 1. The van der Waals surface area contributed by atoms with Crippen molar-refractivity contribution in [1.82, 2.24) is 10.4 Å². The number of hydrogen-bond acceptors (Lipinski definition) is 4. The van der Waals surface area contributed by atoms with Gasteiger partial charge in [0.2, 0.25) is 0 Å². The number of nitrogens with zero attached hydrogens (tertiary/aromatic N) is 2. The van der Waals surface area contributed by atoms with Crippen molar-refractivity contribution in [3.8, 4) is 5.75 Å². The van der Waals surface area contributed by atoms with Crippen LogP contribution < -0.4 is 10.2 Å². The maximum atomic E-state index is 12.4. The van der Waals surface area contributed by atoms with Gasteiger partial charge in [0.05, 0.1) is 11.7 Å². The molecule has 0 aliphatic rings. The van der Waals surface area contributed by atoms with Crippen LogP contribution in [0.15, 0.2) is 84.1 Å². The second-order valence-electron chi connectivity index (χ2n) is 6.39. The predicted molar refractivity (Wildman–Crippen MR) is 112 cm³/mol. The third-order valence-electron chi connectivity index (χ3n) is 4.46. The lowest BCUT2D eigenvalue weighted by Gasteiger charge is -2.14. The van der Waals surface area contributed by atoms with Crippen molar-refractivity contribution in [1.29, 1.82) is 0 Å². The zero-order chi connectivity index (χ0) is 19.3. The summed E-state index contributed by atoms with van der Waals surface area (Å²) in [5.41, 5.74) is 4.21. The van der Waals surface area contributed by atoms with E-state index in [0.29, 0.717) is 5.75 Å². The smallest absolute Gasteiger partial charge is 0.280 e. The lowest BCUT2D eigenvalue weighted by Crippen LogP contribution is -2.33. The Morgan fingerprint density at radius 3 is 2.68 bits per heavy atom. The van der Waals surface area contributed by atoms with E-state index in [4.69, 9.17) is 4.74 Å². The number of hydrazone groups is 1. The summed E-state index contributed by atoms with van der Waals surface area (Å²) >= 11 is 0. The molecule has 28 heavy (non-hydrogen) atoms. The van der Waals surface area contributed by atoms with Gasteiger partial charge >= 0.3 is 0 Å². The van der Waals surface area contributed by atoms with E-state index in [-0.39, 0.29) is 5.91 Å². The van der Waals surface area contributed by atoms with Crippen molar-refractivity contribution in [2.24, 2.45) is 5.10 Å². The molecule has 0 saturated heterocycles. The zero-order valence-electron chi connectivity index (χ0n) is 15.4. The van der Waals surface area contributed by atoms with Gasteiger partial charge in [-0.15, -0.1) is 0 Å². The number of rotatable bonds is 5. The quantitative estimate of drug-likeness (QED) is 0.421. The molecule has 1 aromatic heterocycles. The minimum Gasteiger partial charge on any atom is -0.480 e. The molecule has 5 nitrogen and oxygen atoms in total. The fourth-order valence-corrected chi connectivity index (χ4v) is 3.03. The number of ether oxygens (including phenoxy) is 1. The van der Waals surface area contributed by atoms with E-state index < -0.39 is 6.10 Å². The molecule has 1 atom stereocenters. The zero-order valence-corrected chi connectivity index (χ0v) is 15.4. The molecule has 0 radical (unpaired) electrons. The molecule has 4 rings (SSSR count). The summed E-state index contributed by atoms with van der Waals surface area (Å²) in [5, 5.41) is 7.12. The summed E-state index contributed by atoms with van der Waals surface area (Å²) in [6, 6.07) is 23.4. The van der Waals surface area contributed by atoms with Gasteiger partial charge in [0.25, 0.3) is 5.91 Å². The molecule has 0 spiro atoms. The van der Waals surface area contributed by atoms with Crippen LogP contribution in [0, 0.1) is 0 Å². The molecular weight excluding hydrogens is 350 g/mol. The summed E-state index contributed by atoms with van der Waals surface area (Å²) in [7, 11) is 0. The Labute approximate surface area is 162 Å². The standard InChI is InChI=1S/C23H19N3O2/c1-16(28-21-13-5-8-17-7-2-3-12-20(17)21)23(27)26-25-15-19-10-4-9-18-11-6-14-24-22(18)19/h2-16H,1H3,(H,26,27). The Morgan fingerprint density at radius 2 is 1.75 bits per heavy atom. The molecule has 0 bridgehead atoms. The van der Waals surface area contributed by atoms with Crippen LogP contribution in [0.3, 0.4) is 0 Å². The highest BCUT2D eigenvalue weighted by Gasteiger charge is 2.15. The number of carbonyl (C=O) groups is 1. The Kier molecular flexibility index (Phi) is 4.97. The molecule has 1 heterocycles. The van der Waals surface area contributed by atoms with E-state index in [2.05, 4.69) is 15.5 Å². The molecular formula is C23H19N3O2. The Bertz CT molecular complexity index is 1160. The summed E-state index contributed by atoms with van der Waals surface area (Å²) in [5.74, 6) is 0.348. The first-order valence-corrected chi connectivity index (χ1v) is 9.03. The number of amides is 1. The summed E-state index contributed by atoms with van der Waals surface area (Å²) in [6.45, 7) is 1.70. The maximum absolute atomic E-state index is 12.4. The van der Waals surface area contributed by atoms with Crippen LogP contribution in [0.1, 0.15) is 12.5 Å². The first-order valence-electron chi connectivity index (χ1n) is 9.03. The fraction of sp³-hybridized carbons (Fsp3) is 0.0870. The number of fused-ring (bicyclic) bond motifs is 2. The van der Waals surface area contributed by atoms with Crippen molar-refractivity contribution in [3.05, 3.63) is 84.6 Å². The highest BCUT2D eigenvalue weighted by molar-refractivity contribution is 5.97. The lowest BCUT2D eigenvalue weighted by molar-refractivity contribution is -0.127. The highest BCUT2D eigenvalue weighted by atomic mass is 16.5. The SMILES string of the molecule is CC(Oc1cccc2ccccc12)C(=O)NN=Cc1cccc2cccnc12. The van der Waals surface area contributed by atoms with Gasteiger partial charge in [-0.05, 0) is 24.4 Å². The van der Waals surface area contributed by atoms with E-state index in [1.165, 1.54) is 0 Å². The van der Waals surface area contributed by atoms with E-state index in [1.807, 2.05) is 72.8 Å². The lowest BCUT2D eigenvalue weighted by atomic mass is 10.1. The molecule has 1 N–H and O–H groups in total. The van der Waals surface area contributed by atoms with E-state index in [1.54, 1.807) is 19.3 Å². The minimum atomic E-state index is -0.686. The minimum absolute atomic E-state index is 0.322. The number of aromatic nitrogens is 1. The Balaban J connectivity index is 1.45. The van der Waals surface area contributed by atoms with Crippen molar-refractivity contribution < 1.29 is 9.53 Å². The number of hydrogen-bond donors (Lipinski definition) is 1. The second-order valence-corrected chi connectivity index (χ2v) is 6.39. The van der Waals surface area contributed by atoms with Gasteiger partial charge in [-0.1, -0.05) is 60.7 Å². The first kappa shape index (κ1) is 17.7. The normalized spacial score (nSPS) is 12.3. The maximum Gasteiger partial charge on any atom is 0.280 e. The summed E-state index contributed by atoms with van der Waals surface area (Å²) < 4.78 is 5.86. The average Bonchev–Trinajstić information content (AvgIpc) is 2.74. The van der Waals surface area contributed by atoms with Crippen LogP contribution in [0.4, 0.5) is 0 Å². The monoisotopic (exact) mass is 369 g/mol. The van der Waals surface area contributed by atoms with Crippen LogP contribution in [0.5, 0.6) is 5.75 Å². The third kappa shape index (κ3) is 3.69. The number of pyridine rings is 1. The van der Waals surface area contributed by atoms with Gasteiger partial charge < -0.3 is 4.74 Å². The van der Waals surface area contributed by atoms with Crippen molar-refractivity contribution >= 4 is 33.8 Å². The molecule has 0 saturated carbocycles. The van der Waals surface area contributed by atoms with E-state index in [0.717, 1.165) is 27.2 Å². The van der Waals surface area contributed by atoms with Crippen molar-refractivity contribution in [2.75, 3.05) is 0 Å². The van der Waals surface area contributed by atoms with Gasteiger partial charge in [0.1, 0.15) is 5.75 Å². The third-order valence-corrected chi connectivity index (χ3v) is 4.46. The van der Waals surface area contributed by atoms with E-state index >= 15 is 0 Å². The summed E-state index contributed by atoms with van der Waals surface area (Å²) in [4.78, 5) is 16.7. The highest BCUT2D eigenvalue weighted by Crippen LogP contribution is 2.26. The molecule has 4 aromatic rings. The van der Waals surface area contributed by atoms with Crippen LogP contribution >= 0.6 is 0 Å². The largest absolute Gasteiger partial charge is 0.480 e. The Morgan fingerprint density at radius 1 is 1.00 bits per heavy atom. The summed E-state index contributed by atoms with van der Waals surface area (Å²) in [6.07, 6.45) is 2.64. The average molecular weight is 369 g/mol. The second kappa shape index (κ2) is 7.88. The van der Waals surface area contributed by atoms with Crippen LogP contribution in [0.25, 0.3) is 21.7 Å². The molecule has 5 heteroatoms. The van der Waals surface area contributed by atoms with Gasteiger partial charge in [-0.3, -0.25) is 9.78 Å². The van der Waals surface area contributed by atoms with Crippen molar-refractivity contribution in [2.45, 2.75) is 13.0 Å². The number of carbonyl (C=O) groups excluding carboxylic acids is 1. The van der Waals surface area contributed by atoms with Gasteiger partial charge in [0, 0.05) is 22.5 Å². The first-order chi connectivity index (χ1) is 13.7. The molecule has 0 aliphatic carbocycles. The van der Waals surface area contributed by atoms with Gasteiger partial charge in [-0.25, -0.2) is 5.43 Å². The van der Waals surface area contributed by atoms with E-state index in [9.17, 15) is 4.79 Å².